The van der Waals surface area contributed by atoms with Crippen LogP contribution in [-0.4, -0.2) is 19.4 Å². The monoisotopic (exact) mass is 266 g/mol. The van der Waals surface area contributed by atoms with Gasteiger partial charge in [-0.05, 0) is 13.8 Å². The molecule has 19 heavy (non-hydrogen) atoms. The van der Waals surface area contributed by atoms with Crippen LogP contribution in [-0.2, 0) is 0 Å². The first-order valence-electron chi connectivity index (χ1n) is 5.64. The molecule has 2 aromatic rings. The van der Waals surface area contributed by atoms with E-state index in [9.17, 15) is 4.39 Å². The third kappa shape index (κ3) is 1.99. The summed E-state index contributed by atoms with van der Waals surface area (Å²) in [4.78, 5) is 0. The molecule has 0 aliphatic heterocycles. The Hall–Kier alpha value is -2.24. The Kier molecular flexibility index (Phi) is 3.33. The number of nitrogens with zero attached hydrogens (tertiary/aromatic N) is 1. The minimum atomic E-state index is -0.373. The van der Waals surface area contributed by atoms with Gasteiger partial charge in [0, 0.05) is 17.2 Å². The molecule has 1 aromatic heterocycles. The van der Waals surface area contributed by atoms with Gasteiger partial charge in [-0.2, -0.15) is 0 Å². The Bertz CT molecular complexity index is 623. The average molecular weight is 266 g/mol. The summed E-state index contributed by atoms with van der Waals surface area (Å²) in [6.07, 6.45) is 0. The van der Waals surface area contributed by atoms with Crippen molar-refractivity contribution in [3.63, 3.8) is 0 Å². The molecule has 0 atom stereocenters. The highest BCUT2D eigenvalue weighted by molar-refractivity contribution is 5.76. The van der Waals surface area contributed by atoms with Crippen molar-refractivity contribution in [2.45, 2.75) is 13.8 Å². The third-order valence-corrected chi connectivity index (χ3v) is 2.99. The van der Waals surface area contributed by atoms with Gasteiger partial charge in [-0.15, -0.1) is 0 Å². The van der Waals surface area contributed by atoms with E-state index in [4.69, 9.17) is 19.7 Å². The van der Waals surface area contributed by atoms with Gasteiger partial charge < -0.3 is 19.7 Å². The van der Waals surface area contributed by atoms with Crippen molar-refractivity contribution in [2.24, 2.45) is 0 Å². The Morgan fingerprint density at radius 3 is 2.26 bits per heavy atom. The summed E-state index contributed by atoms with van der Waals surface area (Å²) in [6.45, 7) is 3.26. The molecule has 0 fully saturated rings. The molecule has 1 heterocycles. The minimum absolute atomic E-state index is 0.219. The lowest BCUT2D eigenvalue weighted by Gasteiger charge is -2.17. The predicted octanol–water partition coefficient (Wildman–Crippen LogP) is 2.70. The highest BCUT2D eigenvalue weighted by atomic mass is 19.1. The molecule has 0 aliphatic rings. The minimum Gasteiger partial charge on any atom is -0.492 e. The molecule has 0 saturated carbocycles. The number of nitrogens with two attached hydrogens (primary N) is 1. The molecule has 0 radical (unpaired) electrons. The second-order valence-electron chi connectivity index (χ2n) is 4.12. The van der Waals surface area contributed by atoms with Crippen LogP contribution in [0.25, 0.3) is 11.3 Å². The maximum atomic E-state index is 14.2. The molecule has 0 amide bonds. The summed E-state index contributed by atoms with van der Waals surface area (Å²) in [6, 6.07) is 1.51. The molecule has 5 nitrogen and oxygen atoms in total. The normalized spacial score (nSPS) is 10.6. The van der Waals surface area contributed by atoms with E-state index in [0.29, 0.717) is 33.9 Å². The van der Waals surface area contributed by atoms with Gasteiger partial charge in [0.25, 0.3) is 0 Å². The van der Waals surface area contributed by atoms with Crippen LogP contribution >= 0.6 is 0 Å². The van der Waals surface area contributed by atoms with Crippen molar-refractivity contribution >= 4 is 5.82 Å². The highest BCUT2D eigenvalue weighted by Gasteiger charge is 2.24. The summed E-state index contributed by atoms with van der Waals surface area (Å²) in [5.41, 5.74) is 6.75. The first kappa shape index (κ1) is 13.2. The quantitative estimate of drug-likeness (QED) is 0.924. The molecular weight excluding hydrogens is 251 g/mol. The molecule has 0 unspecified atom stereocenters. The van der Waals surface area contributed by atoms with E-state index >= 15 is 0 Å². The van der Waals surface area contributed by atoms with Gasteiger partial charge in [0.15, 0.2) is 23.1 Å². The van der Waals surface area contributed by atoms with Gasteiger partial charge in [0.2, 0.25) is 0 Å². The maximum absolute atomic E-state index is 14.2. The van der Waals surface area contributed by atoms with Crippen LogP contribution in [0.1, 0.15) is 11.1 Å². The van der Waals surface area contributed by atoms with Gasteiger partial charge in [-0.3, -0.25) is 0 Å². The fourth-order valence-electron chi connectivity index (χ4n) is 2.09. The number of rotatable bonds is 3. The summed E-state index contributed by atoms with van der Waals surface area (Å²) in [7, 11) is 2.94. The average Bonchev–Trinajstić information content (AvgIpc) is 2.81. The molecule has 6 heteroatoms. The van der Waals surface area contributed by atoms with Crippen molar-refractivity contribution in [2.75, 3.05) is 20.0 Å². The smallest absolute Gasteiger partial charge is 0.173 e. The van der Waals surface area contributed by atoms with Crippen molar-refractivity contribution in [3.8, 4) is 22.8 Å². The second-order valence-corrected chi connectivity index (χ2v) is 4.12. The molecule has 1 aromatic carbocycles. The van der Waals surface area contributed by atoms with Crippen LogP contribution in [0.5, 0.6) is 11.5 Å². The number of aromatic nitrogens is 1. The van der Waals surface area contributed by atoms with Gasteiger partial charge in [-0.25, -0.2) is 4.39 Å². The first-order chi connectivity index (χ1) is 9.01. The van der Waals surface area contributed by atoms with Gasteiger partial charge >= 0.3 is 0 Å². The number of hydrogen-bond acceptors (Lipinski definition) is 5. The van der Waals surface area contributed by atoms with Gasteiger partial charge in [0.05, 0.1) is 19.8 Å². The maximum Gasteiger partial charge on any atom is 0.173 e. The summed E-state index contributed by atoms with van der Waals surface area (Å²) >= 11 is 0. The predicted molar refractivity (Wildman–Crippen MR) is 68.9 cm³/mol. The topological polar surface area (TPSA) is 70.5 Å². The molecule has 102 valence electrons. The van der Waals surface area contributed by atoms with Crippen LogP contribution in [0.3, 0.4) is 0 Å². The zero-order valence-corrected chi connectivity index (χ0v) is 11.2. The van der Waals surface area contributed by atoms with Crippen LogP contribution in [0.4, 0.5) is 10.2 Å². The lowest BCUT2D eigenvalue weighted by molar-refractivity contribution is 0.348. The Morgan fingerprint density at radius 2 is 1.79 bits per heavy atom. The van der Waals surface area contributed by atoms with Crippen molar-refractivity contribution in [1.82, 2.24) is 5.16 Å². The molecule has 0 saturated heterocycles. The second kappa shape index (κ2) is 4.79. The fourth-order valence-corrected chi connectivity index (χ4v) is 2.09. The van der Waals surface area contributed by atoms with Crippen LogP contribution in [0.2, 0.25) is 0 Å². The van der Waals surface area contributed by atoms with Crippen molar-refractivity contribution < 1.29 is 18.4 Å². The van der Waals surface area contributed by atoms with E-state index < -0.39 is 0 Å². The third-order valence-electron chi connectivity index (χ3n) is 2.99. The first-order valence-corrected chi connectivity index (χ1v) is 5.64. The molecule has 2 rings (SSSR count). The number of anilines is 1. The molecular formula is C13H15FN2O3. The molecule has 0 spiro atoms. The van der Waals surface area contributed by atoms with Crippen molar-refractivity contribution in [1.29, 1.82) is 0 Å². The van der Waals surface area contributed by atoms with Gasteiger partial charge in [0.1, 0.15) is 5.82 Å². The number of nitrogen functional groups attached to an aromatic ring is 1. The number of ether oxygens (including phenoxy) is 2. The zero-order valence-electron chi connectivity index (χ0n) is 11.2. The lowest BCUT2D eigenvalue weighted by atomic mass is 10.00. The van der Waals surface area contributed by atoms with E-state index in [-0.39, 0.29) is 11.6 Å². The Balaban J connectivity index is 2.82. The SMILES string of the molecule is COc1c(C)c(F)c(C)c(-c2cc(N)no2)c1OC. The van der Waals surface area contributed by atoms with Gasteiger partial charge in [-0.1, -0.05) is 5.16 Å². The Labute approximate surface area is 110 Å². The summed E-state index contributed by atoms with van der Waals surface area (Å²) in [5.74, 6) is 0.911. The molecule has 0 bridgehead atoms. The lowest BCUT2D eigenvalue weighted by Crippen LogP contribution is -2.01. The molecule has 0 aliphatic carbocycles. The summed E-state index contributed by atoms with van der Waals surface area (Å²) < 4.78 is 29.9. The zero-order chi connectivity index (χ0) is 14.2. The number of hydrogen-bond donors (Lipinski definition) is 1. The van der Waals surface area contributed by atoms with E-state index in [1.807, 2.05) is 0 Å². The van der Waals surface area contributed by atoms with Crippen LogP contribution in [0, 0.1) is 19.7 Å². The number of halogens is 1. The Morgan fingerprint density at radius 1 is 1.16 bits per heavy atom. The van der Waals surface area contributed by atoms with E-state index in [0.717, 1.165) is 0 Å². The van der Waals surface area contributed by atoms with E-state index in [1.165, 1.54) is 20.3 Å². The highest BCUT2D eigenvalue weighted by Crippen LogP contribution is 2.44. The molecule has 2 N–H and O–H groups in total. The standard InChI is InChI=1S/C13H15FN2O3/c1-6-10(8-5-9(15)16-19-8)13(18-4)12(17-3)7(2)11(6)14/h5H,1-4H3,(H2,15,16). The van der Waals surface area contributed by atoms with E-state index in [2.05, 4.69) is 5.16 Å². The number of methoxy groups -OCH3 is 2. The fraction of sp³-hybridized carbons (Fsp3) is 0.308. The van der Waals surface area contributed by atoms with Crippen LogP contribution in [0.15, 0.2) is 10.6 Å². The van der Waals surface area contributed by atoms with E-state index in [1.54, 1.807) is 13.8 Å². The summed E-state index contributed by atoms with van der Waals surface area (Å²) in [5, 5.41) is 3.60. The van der Waals surface area contributed by atoms with Crippen molar-refractivity contribution in [3.05, 3.63) is 23.0 Å². The largest absolute Gasteiger partial charge is 0.492 e. The van der Waals surface area contributed by atoms with Crippen LogP contribution < -0.4 is 15.2 Å². The number of benzene rings is 1.